The van der Waals surface area contributed by atoms with Gasteiger partial charge in [0.15, 0.2) is 5.17 Å². The maximum atomic E-state index is 12.7. The van der Waals surface area contributed by atoms with E-state index in [2.05, 4.69) is 10.3 Å². The first-order chi connectivity index (χ1) is 13.0. The summed E-state index contributed by atoms with van der Waals surface area (Å²) in [6, 6.07) is 14.0. The average Bonchev–Trinajstić information content (AvgIpc) is 2.63. The molecule has 1 aliphatic rings. The van der Waals surface area contributed by atoms with Gasteiger partial charge in [-0.1, -0.05) is 53.2 Å². The Morgan fingerprint density at radius 1 is 1.26 bits per heavy atom. The van der Waals surface area contributed by atoms with Gasteiger partial charge in [0.05, 0.1) is 16.4 Å². The van der Waals surface area contributed by atoms with Crippen LogP contribution < -0.4 is 5.32 Å². The summed E-state index contributed by atoms with van der Waals surface area (Å²) in [5, 5.41) is 3.68. The first kappa shape index (κ1) is 19.7. The second-order valence-corrected chi connectivity index (χ2v) is 7.81. The fourth-order valence-electron chi connectivity index (χ4n) is 2.58. The van der Waals surface area contributed by atoms with Crippen LogP contribution in [0.25, 0.3) is 0 Å². The van der Waals surface area contributed by atoms with E-state index in [4.69, 9.17) is 23.2 Å². The molecule has 1 fully saturated rings. The zero-order valence-corrected chi connectivity index (χ0v) is 16.8. The largest absolute Gasteiger partial charge is 0.324 e. The van der Waals surface area contributed by atoms with E-state index < -0.39 is 5.25 Å². The Morgan fingerprint density at radius 2 is 2.04 bits per heavy atom. The summed E-state index contributed by atoms with van der Waals surface area (Å²) in [5.41, 5.74) is 1.15. The normalized spacial score (nSPS) is 18.6. The van der Waals surface area contributed by atoms with E-state index in [1.54, 1.807) is 53.4 Å². The van der Waals surface area contributed by atoms with Crippen molar-refractivity contribution in [2.45, 2.75) is 18.6 Å². The van der Waals surface area contributed by atoms with Crippen LogP contribution in [0, 0.1) is 0 Å². The lowest BCUT2D eigenvalue weighted by molar-refractivity contribution is -0.129. The number of thioether (sulfide) groups is 1. The molecule has 2 aromatic rings. The van der Waals surface area contributed by atoms with Gasteiger partial charge in [-0.25, -0.2) is 4.99 Å². The van der Waals surface area contributed by atoms with Crippen LogP contribution in [0.2, 0.25) is 10.0 Å². The highest BCUT2D eigenvalue weighted by molar-refractivity contribution is 8.15. The van der Waals surface area contributed by atoms with Crippen molar-refractivity contribution in [2.24, 2.45) is 4.99 Å². The summed E-state index contributed by atoms with van der Waals surface area (Å²) >= 11 is 13.4. The lowest BCUT2D eigenvalue weighted by Gasteiger charge is -2.31. The van der Waals surface area contributed by atoms with Gasteiger partial charge >= 0.3 is 0 Å². The average molecular weight is 422 g/mol. The lowest BCUT2D eigenvalue weighted by atomic mass is 10.2. The van der Waals surface area contributed by atoms with E-state index in [-0.39, 0.29) is 18.2 Å². The molecule has 1 heterocycles. The summed E-state index contributed by atoms with van der Waals surface area (Å²) in [5.74, 6) is -0.424. The van der Waals surface area contributed by atoms with Crippen molar-refractivity contribution in [1.29, 1.82) is 0 Å². The number of para-hydroxylation sites is 1. The molecule has 1 N–H and O–H groups in total. The van der Waals surface area contributed by atoms with E-state index >= 15 is 0 Å². The Kier molecular flexibility index (Phi) is 6.42. The topological polar surface area (TPSA) is 61.8 Å². The first-order valence-electron chi connectivity index (χ1n) is 8.34. The maximum absolute atomic E-state index is 12.7. The fourth-order valence-corrected chi connectivity index (χ4v) is 4.11. The molecular weight excluding hydrogens is 405 g/mol. The van der Waals surface area contributed by atoms with Gasteiger partial charge in [0.25, 0.3) is 0 Å². The second kappa shape index (κ2) is 8.78. The van der Waals surface area contributed by atoms with Gasteiger partial charge in [0, 0.05) is 18.0 Å². The van der Waals surface area contributed by atoms with E-state index in [0.717, 1.165) is 0 Å². The molecule has 2 aromatic carbocycles. The van der Waals surface area contributed by atoms with Crippen LogP contribution in [0.5, 0.6) is 0 Å². The molecule has 1 unspecified atom stereocenters. The van der Waals surface area contributed by atoms with E-state index in [1.807, 2.05) is 6.92 Å². The molecule has 0 aromatic heterocycles. The highest BCUT2D eigenvalue weighted by Crippen LogP contribution is 2.31. The van der Waals surface area contributed by atoms with Crippen molar-refractivity contribution in [2.75, 3.05) is 11.9 Å². The maximum Gasteiger partial charge on any atom is 0.238 e. The number of nitrogens with zero attached hydrogens (tertiary/aromatic N) is 2. The predicted octanol–water partition coefficient (Wildman–Crippen LogP) is 4.97. The van der Waals surface area contributed by atoms with Gasteiger partial charge in [-0.3, -0.25) is 14.5 Å². The number of hydrogen-bond acceptors (Lipinski definition) is 4. The molecule has 0 aliphatic carbocycles. The minimum absolute atomic E-state index is 0.101. The smallest absolute Gasteiger partial charge is 0.238 e. The molecule has 0 bridgehead atoms. The Balaban J connectivity index is 1.83. The fraction of sp³-hybridized carbons (Fsp3) is 0.211. The SMILES string of the molecule is CCN1C(=O)CC(C(=O)Nc2ccccc2Cl)SC1=Nc1cccc(Cl)c1. The molecule has 3 rings (SSSR count). The van der Waals surface area contributed by atoms with Crippen LogP contribution in [0.4, 0.5) is 11.4 Å². The van der Waals surface area contributed by atoms with Gasteiger partial charge in [-0.05, 0) is 37.3 Å². The third-order valence-corrected chi connectivity index (χ3v) is 5.67. The van der Waals surface area contributed by atoms with Gasteiger partial charge in [-0.2, -0.15) is 0 Å². The Labute approximate surface area is 171 Å². The molecule has 0 radical (unpaired) electrons. The Hall–Kier alpha value is -2.02. The minimum atomic E-state index is -0.588. The van der Waals surface area contributed by atoms with Gasteiger partial charge in [-0.15, -0.1) is 0 Å². The number of halogens is 2. The number of carbonyl (C=O) groups is 2. The molecule has 27 heavy (non-hydrogen) atoms. The number of anilines is 1. The molecule has 0 saturated carbocycles. The second-order valence-electron chi connectivity index (χ2n) is 5.79. The van der Waals surface area contributed by atoms with Crippen LogP contribution in [-0.2, 0) is 9.59 Å². The van der Waals surface area contributed by atoms with Crippen molar-refractivity contribution in [3.05, 3.63) is 58.6 Å². The highest BCUT2D eigenvalue weighted by atomic mass is 35.5. The monoisotopic (exact) mass is 421 g/mol. The zero-order chi connectivity index (χ0) is 19.4. The first-order valence-corrected chi connectivity index (χ1v) is 9.98. The van der Waals surface area contributed by atoms with Crippen LogP contribution in [0.3, 0.4) is 0 Å². The summed E-state index contributed by atoms with van der Waals surface area (Å²) in [7, 11) is 0. The molecule has 2 amide bonds. The number of aliphatic imine (C=N–C) groups is 1. The minimum Gasteiger partial charge on any atom is -0.324 e. The third kappa shape index (κ3) is 4.83. The molecular formula is C19H17Cl2N3O2S. The Bertz CT molecular complexity index is 904. The quantitative estimate of drug-likeness (QED) is 0.757. The molecule has 1 atom stereocenters. The van der Waals surface area contributed by atoms with E-state index in [9.17, 15) is 9.59 Å². The molecule has 8 heteroatoms. The van der Waals surface area contributed by atoms with Crippen molar-refractivity contribution >= 4 is 63.3 Å². The van der Waals surface area contributed by atoms with E-state index in [1.165, 1.54) is 11.8 Å². The molecule has 0 spiro atoms. The number of amidine groups is 1. The van der Waals surface area contributed by atoms with Crippen molar-refractivity contribution in [3.8, 4) is 0 Å². The zero-order valence-electron chi connectivity index (χ0n) is 14.5. The standard InChI is InChI=1S/C19H17Cl2N3O2S/c1-2-24-17(25)11-16(18(26)23-15-9-4-3-8-14(15)21)27-19(24)22-13-7-5-6-12(20)10-13/h3-10,16H,2,11H2,1H3,(H,23,26). The summed E-state index contributed by atoms with van der Waals surface area (Å²) in [6.07, 6.45) is 0.101. The molecule has 1 aliphatic heterocycles. The predicted molar refractivity (Wildman–Crippen MR) is 112 cm³/mol. The summed E-state index contributed by atoms with van der Waals surface area (Å²) < 4.78 is 0. The molecule has 1 saturated heterocycles. The van der Waals surface area contributed by atoms with Crippen molar-refractivity contribution in [1.82, 2.24) is 4.90 Å². The summed E-state index contributed by atoms with van der Waals surface area (Å²) in [4.78, 5) is 31.3. The molecule has 140 valence electrons. The highest BCUT2D eigenvalue weighted by Gasteiger charge is 2.35. The van der Waals surface area contributed by atoms with Crippen LogP contribution >= 0.6 is 35.0 Å². The number of hydrogen-bond donors (Lipinski definition) is 1. The third-order valence-electron chi connectivity index (χ3n) is 3.91. The summed E-state index contributed by atoms with van der Waals surface area (Å²) in [6.45, 7) is 2.35. The van der Waals surface area contributed by atoms with Crippen LogP contribution in [0.1, 0.15) is 13.3 Å². The number of nitrogens with one attached hydrogen (secondary N) is 1. The van der Waals surface area contributed by atoms with Crippen LogP contribution in [-0.4, -0.2) is 33.7 Å². The van der Waals surface area contributed by atoms with Crippen molar-refractivity contribution in [3.63, 3.8) is 0 Å². The number of rotatable bonds is 4. The van der Waals surface area contributed by atoms with Crippen molar-refractivity contribution < 1.29 is 9.59 Å². The Morgan fingerprint density at radius 3 is 2.74 bits per heavy atom. The van der Waals surface area contributed by atoms with Gasteiger partial charge in [0.1, 0.15) is 5.25 Å². The molecule has 5 nitrogen and oxygen atoms in total. The van der Waals surface area contributed by atoms with Gasteiger partial charge < -0.3 is 5.32 Å². The van der Waals surface area contributed by atoms with Crippen LogP contribution in [0.15, 0.2) is 53.5 Å². The van der Waals surface area contributed by atoms with Gasteiger partial charge in [0.2, 0.25) is 11.8 Å². The number of benzene rings is 2. The lowest BCUT2D eigenvalue weighted by Crippen LogP contribution is -2.45. The number of amides is 2. The van der Waals surface area contributed by atoms with E-state index in [0.29, 0.717) is 33.1 Å². The number of carbonyl (C=O) groups excluding carboxylic acids is 2.